The summed E-state index contributed by atoms with van der Waals surface area (Å²) in [5.41, 5.74) is 5.90. The van der Waals surface area contributed by atoms with Gasteiger partial charge in [-0.2, -0.15) is 0 Å². The molecule has 31 heavy (non-hydrogen) atoms. The first kappa shape index (κ1) is 20.9. The van der Waals surface area contributed by atoms with E-state index in [0.717, 1.165) is 4.90 Å². The summed E-state index contributed by atoms with van der Waals surface area (Å²) in [6, 6.07) is 3.25. The molecule has 2 aliphatic rings. The standard InChI is InChI=1S/C20H23F2N5O4/c1-10(17(23)28)24-11-4-5-12-14(6-11)31-20(2,3)9-26-7-15(25-18(12)26)27-13(16(21)22)8-30-19(27)29/h4-7,10,13,16,24H,8-9H2,1-3H3,(H2,23,28)/t10?,13-/m0/s1. The van der Waals surface area contributed by atoms with Gasteiger partial charge in [0.05, 0.1) is 12.1 Å². The predicted molar refractivity (Wildman–Crippen MR) is 108 cm³/mol. The number of cyclic esters (lactones) is 1. The predicted octanol–water partition coefficient (Wildman–Crippen LogP) is 2.60. The molecule has 1 aromatic heterocycles. The molecule has 1 saturated heterocycles. The normalized spacial score (nSPS) is 20.4. The van der Waals surface area contributed by atoms with Crippen molar-refractivity contribution in [2.45, 2.75) is 51.4 Å². The SMILES string of the molecule is CC(Nc1ccc2c(c1)OC(C)(C)Cn1cc(N3C(=O)OC[C@H]3C(F)F)nc1-2)C(N)=O. The molecule has 0 saturated carbocycles. The van der Waals surface area contributed by atoms with E-state index < -0.39 is 42.7 Å². The van der Waals surface area contributed by atoms with Crippen LogP contribution in [0.4, 0.5) is 25.1 Å². The first-order chi connectivity index (χ1) is 14.6. The van der Waals surface area contributed by atoms with Crippen LogP contribution in [0.2, 0.25) is 0 Å². The highest BCUT2D eigenvalue weighted by Crippen LogP contribution is 2.40. The molecule has 2 atom stereocenters. The van der Waals surface area contributed by atoms with Gasteiger partial charge in [-0.3, -0.25) is 4.79 Å². The van der Waals surface area contributed by atoms with Crippen molar-refractivity contribution in [3.63, 3.8) is 0 Å². The number of primary amides is 1. The molecule has 2 aliphatic heterocycles. The third kappa shape index (κ3) is 3.87. The lowest BCUT2D eigenvalue weighted by atomic mass is 10.1. The fourth-order valence-electron chi connectivity index (χ4n) is 3.68. The van der Waals surface area contributed by atoms with Gasteiger partial charge in [0.2, 0.25) is 5.91 Å². The minimum atomic E-state index is -2.76. The highest BCUT2D eigenvalue weighted by atomic mass is 19.3. The number of nitrogens with zero attached hydrogens (tertiary/aromatic N) is 3. The molecule has 4 rings (SSSR count). The third-order valence-electron chi connectivity index (χ3n) is 5.18. The number of halogens is 2. The van der Waals surface area contributed by atoms with Crippen LogP contribution in [0.25, 0.3) is 11.4 Å². The number of hydrogen-bond acceptors (Lipinski definition) is 6. The van der Waals surface area contributed by atoms with Gasteiger partial charge in [-0.1, -0.05) is 0 Å². The van der Waals surface area contributed by atoms with Crippen LogP contribution in [-0.2, 0) is 16.1 Å². The summed E-state index contributed by atoms with van der Waals surface area (Å²) >= 11 is 0. The monoisotopic (exact) mass is 435 g/mol. The van der Waals surface area contributed by atoms with E-state index in [1.54, 1.807) is 35.9 Å². The van der Waals surface area contributed by atoms with Crippen molar-refractivity contribution in [1.82, 2.24) is 9.55 Å². The number of anilines is 2. The summed E-state index contributed by atoms with van der Waals surface area (Å²) in [5, 5.41) is 3.00. The Morgan fingerprint density at radius 2 is 2.13 bits per heavy atom. The number of nitrogens with one attached hydrogen (secondary N) is 1. The van der Waals surface area contributed by atoms with Crippen molar-refractivity contribution in [2.75, 3.05) is 16.8 Å². The lowest BCUT2D eigenvalue weighted by molar-refractivity contribution is -0.118. The Morgan fingerprint density at radius 3 is 2.81 bits per heavy atom. The molecule has 3 N–H and O–H groups in total. The highest BCUT2D eigenvalue weighted by molar-refractivity contribution is 5.90. The van der Waals surface area contributed by atoms with E-state index in [1.807, 2.05) is 13.8 Å². The van der Waals surface area contributed by atoms with Crippen LogP contribution in [0.15, 0.2) is 24.4 Å². The number of ether oxygens (including phenoxy) is 2. The number of rotatable bonds is 5. The number of amides is 2. The number of carbonyl (C=O) groups is 2. The van der Waals surface area contributed by atoms with Gasteiger partial charge in [0.25, 0.3) is 6.43 Å². The number of hydrogen-bond donors (Lipinski definition) is 2. The number of fused-ring (bicyclic) bond motifs is 3. The van der Waals surface area contributed by atoms with Gasteiger partial charge in [-0.15, -0.1) is 0 Å². The number of benzene rings is 1. The number of imidazole rings is 1. The summed E-state index contributed by atoms with van der Waals surface area (Å²) < 4.78 is 39.6. The Balaban J connectivity index is 1.76. The van der Waals surface area contributed by atoms with E-state index in [1.165, 1.54) is 0 Å². The average Bonchev–Trinajstić information content (AvgIpc) is 3.21. The second kappa shape index (κ2) is 7.40. The highest BCUT2D eigenvalue weighted by Gasteiger charge is 2.42. The summed E-state index contributed by atoms with van der Waals surface area (Å²) in [5.74, 6) is 0.563. The number of nitrogens with two attached hydrogens (primary N) is 1. The summed E-state index contributed by atoms with van der Waals surface area (Å²) in [4.78, 5) is 28.8. The van der Waals surface area contributed by atoms with Crippen LogP contribution in [0, 0.1) is 0 Å². The molecule has 0 bridgehead atoms. The average molecular weight is 435 g/mol. The quantitative estimate of drug-likeness (QED) is 0.747. The maximum atomic E-state index is 13.4. The summed E-state index contributed by atoms with van der Waals surface area (Å²) in [7, 11) is 0. The molecule has 1 fully saturated rings. The van der Waals surface area contributed by atoms with Gasteiger partial charge >= 0.3 is 6.09 Å². The van der Waals surface area contributed by atoms with Gasteiger partial charge in [-0.25, -0.2) is 23.5 Å². The van der Waals surface area contributed by atoms with Crippen LogP contribution in [0.5, 0.6) is 5.75 Å². The molecule has 11 heteroatoms. The van der Waals surface area contributed by atoms with Crippen LogP contribution in [-0.4, -0.2) is 52.3 Å². The summed E-state index contributed by atoms with van der Waals surface area (Å²) in [6.45, 7) is 5.38. The molecular formula is C20H23F2N5O4. The van der Waals surface area contributed by atoms with Crippen molar-refractivity contribution >= 4 is 23.5 Å². The fourth-order valence-corrected chi connectivity index (χ4v) is 3.68. The molecule has 166 valence electrons. The van der Waals surface area contributed by atoms with Crippen LogP contribution in [0.3, 0.4) is 0 Å². The second-order valence-corrected chi connectivity index (χ2v) is 8.24. The number of alkyl halides is 2. The summed E-state index contributed by atoms with van der Waals surface area (Å²) in [6.07, 6.45) is -2.06. The molecule has 1 aromatic carbocycles. The lowest BCUT2D eigenvalue weighted by Gasteiger charge is -2.25. The Kier molecular flexibility index (Phi) is 4.98. The van der Waals surface area contributed by atoms with Crippen molar-refractivity contribution in [3.05, 3.63) is 24.4 Å². The van der Waals surface area contributed by atoms with Crippen LogP contribution < -0.4 is 20.7 Å². The molecule has 3 heterocycles. The van der Waals surface area contributed by atoms with Gasteiger partial charge in [0, 0.05) is 18.0 Å². The fraction of sp³-hybridized carbons (Fsp3) is 0.450. The molecule has 0 spiro atoms. The van der Waals surface area contributed by atoms with Crippen molar-refractivity contribution in [3.8, 4) is 17.1 Å². The van der Waals surface area contributed by atoms with Crippen molar-refractivity contribution < 1.29 is 27.8 Å². The van der Waals surface area contributed by atoms with Gasteiger partial charge in [0.1, 0.15) is 35.9 Å². The van der Waals surface area contributed by atoms with Crippen molar-refractivity contribution in [2.24, 2.45) is 5.73 Å². The number of aromatic nitrogens is 2. The van der Waals surface area contributed by atoms with Gasteiger partial charge in [0.15, 0.2) is 5.82 Å². The van der Waals surface area contributed by atoms with Crippen LogP contribution >= 0.6 is 0 Å². The molecule has 2 amide bonds. The smallest absolute Gasteiger partial charge is 0.416 e. The Hall–Kier alpha value is -3.37. The molecule has 2 aromatic rings. The zero-order chi connectivity index (χ0) is 22.5. The molecular weight excluding hydrogens is 412 g/mol. The Labute approximate surface area is 177 Å². The first-order valence-corrected chi connectivity index (χ1v) is 9.76. The minimum absolute atomic E-state index is 0.0935. The van der Waals surface area contributed by atoms with E-state index >= 15 is 0 Å². The van der Waals surface area contributed by atoms with Gasteiger partial charge in [-0.05, 0) is 32.9 Å². The maximum Gasteiger partial charge on any atom is 0.416 e. The second-order valence-electron chi connectivity index (χ2n) is 8.24. The van der Waals surface area contributed by atoms with E-state index in [2.05, 4.69) is 10.3 Å². The van der Waals surface area contributed by atoms with Crippen LogP contribution in [0.1, 0.15) is 20.8 Å². The lowest BCUT2D eigenvalue weighted by Crippen LogP contribution is -2.39. The zero-order valence-electron chi connectivity index (χ0n) is 17.3. The maximum absolute atomic E-state index is 13.4. The van der Waals surface area contributed by atoms with E-state index in [9.17, 15) is 18.4 Å². The largest absolute Gasteiger partial charge is 0.485 e. The topological polar surface area (TPSA) is 112 Å². The van der Waals surface area contributed by atoms with Crippen molar-refractivity contribution in [1.29, 1.82) is 0 Å². The first-order valence-electron chi connectivity index (χ1n) is 9.76. The number of carbonyl (C=O) groups excluding carboxylic acids is 2. The van der Waals surface area contributed by atoms with E-state index in [0.29, 0.717) is 29.4 Å². The van der Waals surface area contributed by atoms with Gasteiger partial charge < -0.3 is 25.1 Å². The zero-order valence-corrected chi connectivity index (χ0v) is 17.3. The van der Waals surface area contributed by atoms with E-state index in [-0.39, 0.29) is 5.82 Å². The minimum Gasteiger partial charge on any atom is -0.485 e. The molecule has 1 unspecified atom stereocenters. The Bertz CT molecular complexity index is 1040. The third-order valence-corrected chi connectivity index (χ3v) is 5.18. The Morgan fingerprint density at radius 1 is 1.39 bits per heavy atom. The molecule has 9 nitrogen and oxygen atoms in total. The molecule has 0 radical (unpaired) electrons. The molecule has 0 aliphatic carbocycles. The van der Waals surface area contributed by atoms with E-state index in [4.69, 9.17) is 15.2 Å².